The Morgan fingerprint density at radius 1 is 0.933 bits per heavy atom. The molecule has 1 aliphatic rings. The first-order valence-electron chi connectivity index (χ1n) is 9.69. The van der Waals surface area contributed by atoms with Crippen molar-refractivity contribution in [2.45, 2.75) is 25.8 Å². The Labute approximate surface area is 174 Å². The molecule has 1 unspecified atom stereocenters. The SMILES string of the molecule is CC(NC(=O)C(=O)NCCN1C(=O)CCC1=O)c1ccc(Oc2ccccc2)cc1. The van der Waals surface area contributed by atoms with E-state index >= 15 is 0 Å². The normalized spacial score (nSPS) is 14.4. The van der Waals surface area contributed by atoms with Crippen LogP contribution in [-0.4, -0.2) is 41.6 Å². The lowest BCUT2D eigenvalue weighted by Crippen LogP contribution is -2.44. The van der Waals surface area contributed by atoms with Gasteiger partial charge in [-0.05, 0) is 36.8 Å². The molecule has 1 fully saturated rings. The number of para-hydroxylation sites is 1. The van der Waals surface area contributed by atoms with E-state index in [0.29, 0.717) is 5.75 Å². The molecular weight excluding hydrogens is 386 g/mol. The van der Waals surface area contributed by atoms with Crippen molar-refractivity contribution >= 4 is 23.6 Å². The van der Waals surface area contributed by atoms with Crippen LogP contribution in [-0.2, 0) is 19.2 Å². The minimum Gasteiger partial charge on any atom is -0.457 e. The van der Waals surface area contributed by atoms with Crippen molar-refractivity contribution in [2.75, 3.05) is 13.1 Å². The van der Waals surface area contributed by atoms with E-state index in [9.17, 15) is 19.2 Å². The summed E-state index contributed by atoms with van der Waals surface area (Å²) in [6, 6.07) is 16.2. The van der Waals surface area contributed by atoms with Crippen molar-refractivity contribution in [2.24, 2.45) is 0 Å². The number of hydrogen-bond donors (Lipinski definition) is 2. The van der Waals surface area contributed by atoms with Crippen LogP contribution in [0.5, 0.6) is 11.5 Å². The summed E-state index contributed by atoms with van der Waals surface area (Å²) in [6.07, 6.45) is 0.389. The average Bonchev–Trinajstić information content (AvgIpc) is 3.07. The number of rotatable bonds is 7. The number of nitrogens with zero attached hydrogens (tertiary/aromatic N) is 1. The van der Waals surface area contributed by atoms with Crippen LogP contribution in [0, 0.1) is 0 Å². The van der Waals surface area contributed by atoms with E-state index in [-0.39, 0.29) is 37.7 Å². The molecule has 0 spiro atoms. The molecule has 8 nitrogen and oxygen atoms in total. The van der Waals surface area contributed by atoms with Crippen LogP contribution in [0.4, 0.5) is 0 Å². The van der Waals surface area contributed by atoms with Gasteiger partial charge in [-0.1, -0.05) is 30.3 Å². The molecule has 1 aliphatic heterocycles. The van der Waals surface area contributed by atoms with Crippen molar-refractivity contribution in [1.82, 2.24) is 15.5 Å². The standard InChI is InChI=1S/C22H23N3O5/c1-15(16-7-9-18(10-8-16)30-17-5-3-2-4-6-17)24-22(29)21(28)23-13-14-25-19(26)11-12-20(25)27/h2-10,15H,11-14H2,1H3,(H,23,28)(H,24,29). The molecule has 0 aliphatic carbocycles. The second-order valence-electron chi connectivity index (χ2n) is 6.87. The minimum absolute atomic E-state index is 0.0314. The largest absolute Gasteiger partial charge is 0.457 e. The van der Waals surface area contributed by atoms with Gasteiger partial charge in [0.1, 0.15) is 11.5 Å². The van der Waals surface area contributed by atoms with Gasteiger partial charge in [0.2, 0.25) is 11.8 Å². The smallest absolute Gasteiger partial charge is 0.309 e. The van der Waals surface area contributed by atoms with E-state index in [2.05, 4.69) is 10.6 Å². The number of nitrogens with one attached hydrogen (secondary N) is 2. The quantitative estimate of drug-likeness (QED) is 0.537. The molecule has 1 heterocycles. The van der Waals surface area contributed by atoms with E-state index in [0.717, 1.165) is 16.2 Å². The predicted molar refractivity (Wildman–Crippen MR) is 108 cm³/mol. The van der Waals surface area contributed by atoms with Crippen LogP contribution in [0.2, 0.25) is 0 Å². The Hall–Kier alpha value is -3.68. The van der Waals surface area contributed by atoms with Gasteiger partial charge in [0.25, 0.3) is 0 Å². The summed E-state index contributed by atoms with van der Waals surface area (Å²) in [5.41, 5.74) is 0.810. The third kappa shape index (κ3) is 5.44. The van der Waals surface area contributed by atoms with Gasteiger partial charge in [-0.25, -0.2) is 0 Å². The van der Waals surface area contributed by atoms with Gasteiger partial charge < -0.3 is 15.4 Å². The number of amides is 4. The summed E-state index contributed by atoms with van der Waals surface area (Å²) in [4.78, 5) is 48.2. The maximum absolute atomic E-state index is 12.1. The van der Waals surface area contributed by atoms with Gasteiger partial charge in [-0.15, -0.1) is 0 Å². The molecule has 2 N–H and O–H groups in total. The van der Waals surface area contributed by atoms with Crippen LogP contribution >= 0.6 is 0 Å². The highest BCUT2D eigenvalue weighted by atomic mass is 16.5. The summed E-state index contributed by atoms with van der Waals surface area (Å²) >= 11 is 0. The maximum Gasteiger partial charge on any atom is 0.309 e. The number of imide groups is 1. The van der Waals surface area contributed by atoms with E-state index in [1.165, 1.54) is 0 Å². The van der Waals surface area contributed by atoms with Gasteiger partial charge in [-0.2, -0.15) is 0 Å². The van der Waals surface area contributed by atoms with Crippen LogP contribution in [0.3, 0.4) is 0 Å². The molecule has 2 aromatic carbocycles. The van der Waals surface area contributed by atoms with E-state index in [1.807, 2.05) is 42.5 Å². The van der Waals surface area contributed by atoms with Gasteiger partial charge in [0.05, 0.1) is 6.04 Å². The Bertz CT molecular complexity index is 912. The highest BCUT2D eigenvalue weighted by Crippen LogP contribution is 2.23. The zero-order chi connectivity index (χ0) is 21.5. The topological polar surface area (TPSA) is 105 Å². The fourth-order valence-electron chi connectivity index (χ4n) is 3.03. The van der Waals surface area contributed by atoms with Crippen LogP contribution in [0.15, 0.2) is 54.6 Å². The molecule has 0 aromatic heterocycles. The number of hydrogen-bond acceptors (Lipinski definition) is 5. The third-order valence-corrected chi connectivity index (χ3v) is 4.69. The zero-order valence-corrected chi connectivity index (χ0v) is 16.6. The summed E-state index contributed by atoms with van der Waals surface area (Å²) < 4.78 is 5.73. The van der Waals surface area contributed by atoms with Gasteiger partial charge in [-0.3, -0.25) is 24.1 Å². The molecular formula is C22H23N3O5. The molecule has 8 heteroatoms. The highest BCUT2D eigenvalue weighted by molar-refractivity contribution is 6.35. The van der Waals surface area contributed by atoms with E-state index in [4.69, 9.17) is 4.74 Å². The number of benzene rings is 2. The van der Waals surface area contributed by atoms with Crippen molar-refractivity contribution in [3.05, 3.63) is 60.2 Å². The Morgan fingerprint density at radius 3 is 2.17 bits per heavy atom. The molecule has 156 valence electrons. The highest BCUT2D eigenvalue weighted by Gasteiger charge is 2.28. The molecule has 1 saturated heterocycles. The molecule has 30 heavy (non-hydrogen) atoms. The Kier molecular flexibility index (Phi) is 6.79. The maximum atomic E-state index is 12.1. The van der Waals surface area contributed by atoms with Crippen LogP contribution in [0.25, 0.3) is 0 Å². The fraction of sp³-hybridized carbons (Fsp3) is 0.273. The number of ether oxygens (including phenoxy) is 1. The summed E-state index contributed by atoms with van der Waals surface area (Å²) in [5.74, 6) is -0.733. The van der Waals surface area contributed by atoms with Crippen LogP contribution < -0.4 is 15.4 Å². The number of carbonyl (C=O) groups excluding carboxylic acids is 4. The third-order valence-electron chi connectivity index (χ3n) is 4.69. The van der Waals surface area contributed by atoms with Crippen LogP contribution in [0.1, 0.15) is 31.4 Å². The molecule has 2 aromatic rings. The first kappa shape index (κ1) is 21.0. The van der Waals surface area contributed by atoms with E-state index in [1.54, 1.807) is 19.1 Å². The van der Waals surface area contributed by atoms with Gasteiger partial charge in [0.15, 0.2) is 0 Å². The Balaban J connectivity index is 1.45. The molecule has 1 atom stereocenters. The molecule has 0 radical (unpaired) electrons. The van der Waals surface area contributed by atoms with E-state index < -0.39 is 17.9 Å². The summed E-state index contributed by atoms with van der Waals surface area (Å²) in [7, 11) is 0. The predicted octanol–water partition coefficient (Wildman–Crippen LogP) is 1.92. The first-order valence-corrected chi connectivity index (χ1v) is 9.69. The van der Waals surface area contributed by atoms with Crippen molar-refractivity contribution in [3.8, 4) is 11.5 Å². The summed E-state index contributed by atoms with van der Waals surface area (Å²) in [6.45, 7) is 1.86. The lowest BCUT2D eigenvalue weighted by Gasteiger charge is -2.16. The van der Waals surface area contributed by atoms with Crippen molar-refractivity contribution < 1.29 is 23.9 Å². The molecule has 3 rings (SSSR count). The second kappa shape index (κ2) is 9.69. The zero-order valence-electron chi connectivity index (χ0n) is 16.6. The van der Waals surface area contributed by atoms with Gasteiger partial charge in [0, 0.05) is 25.9 Å². The molecule has 4 amide bonds. The molecule has 0 bridgehead atoms. The molecule has 0 saturated carbocycles. The van der Waals surface area contributed by atoms with Crippen molar-refractivity contribution in [1.29, 1.82) is 0 Å². The lowest BCUT2D eigenvalue weighted by molar-refractivity contribution is -0.140. The monoisotopic (exact) mass is 409 g/mol. The average molecular weight is 409 g/mol. The fourth-order valence-corrected chi connectivity index (χ4v) is 3.03. The number of likely N-dealkylation sites (tertiary alicyclic amines) is 1. The lowest BCUT2D eigenvalue weighted by atomic mass is 10.1. The van der Waals surface area contributed by atoms with Gasteiger partial charge >= 0.3 is 11.8 Å². The summed E-state index contributed by atoms with van der Waals surface area (Å²) in [5, 5.41) is 5.05. The first-order chi connectivity index (χ1) is 14.4. The van der Waals surface area contributed by atoms with Crippen molar-refractivity contribution in [3.63, 3.8) is 0 Å². The number of carbonyl (C=O) groups is 4. The second-order valence-corrected chi connectivity index (χ2v) is 6.87. The Morgan fingerprint density at radius 2 is 1.53 bits per heavy atom. The minimum atomic E-state index is -0.815.